The van der Waals surface area contributed by atoms with E-state index in [2.05, 4.69) is 108 Å². The van der Waals surface area contributed by atoms with E-state index in [-0.39, 0.29) is 0 Å². The number of hydrogen-bond donors (Lipinski definition) is 1. The average molecular weight is 416 g/mol. The summed E-state index contributed by atoms with van der Waals surface area (Å²) in [7, 11) is 0. The third-order valence-corrected chi connectivity index (χ3v) is 7.17. The molecule has 1 aromatic heterocycles. The van der Waals surface area contributed by atoms with E-state index in [1.54, 1.807) is 0 Å². The van der Waals surface area contributed by atoms with E-state index in [0.717, 1.165) is 6.54 Å². The highest BCUT2D eigenvalue weighted by Crippen LogP contribution is 2.40. The van der Waals surface area contributed by atoms with Crippen LogP contribution >= 0.6 is 11.3 Å². The zero-order valence-electron chi connectivity index (χ0n) is 17.0. The summed E-state index contributed by atoms with van der Waals surface area (Å²) >= 11 is 1.88. The van der Waals surface area contributed by atoms with Crippen molar-refractivity contribution in [2.24, 2.45) is 0 Å². The lowest BCUT2D eigenvalue weighted by Crippen LogP contribution is -2.08. The first-order valence-corrected chi connectivity index (χ1v) is 11.4. The second-order valence-corrected chi connectivity index (χ2v) is 8.89. The van der Waals surface area contributed by atoms with Crippen molar-refractivity contribution < 1.29 is 0 Å². The largest absolute Gasteiger partial charge is 0.387 e. The fourth-order valence-corrected chi connectivity index (χ4v) is 5.60. The summed E-state index contributed by atoms with van der Waals surface area (Å²) in [5.41, 5.74) is 7.60. The van der Waals surface area contributed by atoms with Gasteiger partial charge in [0, 0.05) is 26.7 Å². The molecule has 0 fully saturated rings. The van der Waals surface area contributed by atoms with Crippen LogP contribution in [-0.2, 0) is 0 Å². The molecule has 0 saturated carbocycles. The highest BCUT2D eigenvalue weighted by atomic mass is 32.1. The summed E-state index contributed by atoms with van der Waals surface area (Å²) < 4.78 is 2.71. The Hall–Kier alpha value is -3.62. The predicted molar refractivity (Wildman–Crippen MR) is 135 cm³/mol. The molecule has 4 aromatic carbocycles. The molecule has 0 aliphatic carbocycles. The standard InChI is InChI=1S/C29H21NS/c1-2-10-28-26(7-1)27-9-4-8-25(29(27)31-28)22-13-11-20(12-14-22)23-5-3-6-24(19-23)21-15-17-30-18-16-21/h1-17,19,30H,18H2. The van der Waals surface area contributed by atoms with Gasteiger partial charge in [0.25, 0.3) is 0 Å². The summed E-state index contributed by atoms with van der Waals surface area (Å²) in [6.07, 6.45) is 6.39. The third-order valence-electron chi connectivity index (χ3n) is 5.95. The fraction of sp³-hybridized carbons (Fsp3) is 0.0345. The van der Waals surface area contributed by atoms with Crippen molar-refractivity contribution in [1.29, 1.82) is 0 Å². The van der Waals surface area contributed by atoms with Gasteiger partial charge in [0.2, 0.25) is 0 Å². The summed E-state index contributed by atoms with van der Waals surface area (Å²) in [4.78, 5) is 0. The molecule has 1 aliphatic rings. The molecule has 0 saturated heterocycles. The Bertz CT molecular complexity index is 1470. The maximum atomic E-state index is 3.22. The first-order chi connectivity index (χ1) is 15.4. The molecule has 1 aliphatic heterocycles. The predicted octanol–water partition coefficient (Wildman–Crippen LogP) is 7.89. The number of hydrogen-bond acceptors (Lipinski definition) is 2. The highest BCUT2D eigenvalue weighted by molar-refractivity contribution is 7.26. The molecule has 0 atom stereocenters. The molecule has 0 unspecified atom stereocenters. The molecule has 0 spiro atoms. The zero-order chi connectivity index (χ0) is 20.6. The summed E-state index contributed by atoms with van der Waals surface area (Å²) in [5, 5.41) is 5.91. The number of fused-ring (bicyclic) bond motifs is 3. The molecule has 0 bridgehead atoms. The summed E-state index contributed by atoms with van der Waals surface area (Å²) in [5.74, 6) is 0. The molecule has 148 valence electrons. The van der Waals surface area contributed by atoms with Crippen LogP contribution < -0.4 is 5.32 Å². The topological polar surface area (TPSA) is 12.0 Å². The number of nitrogens with one attached hydrogen (secondary N) is 1. The SMILES string of the molecule is C1=CC(c2cccc(-c3ccc(-c4cccc5c4sc4ccccc45)cc3)c2)=CCN1. The van der Waals surface area contributed by atoms with Crippen LogP contribution in [0, 0.1) is 0 Å². The number of thiophene rings is 1. The first kappa shape index (κ1) is 18.2. The molecule has 5 aromatic rings. The van der Waals surface area contributed by atoms with Gasteiger partial charge in [-0.2, -0.15) is 0 Å². The molecular weight excluding hydrogens is 394 g/mol. The Kier molecular flexibility index (Phi) is 4.44. The van der Waals surface area contributed by atoms with Gasteiger partial charge in [-0.25, -0.2) is 0 Å². The lowest BCUT2D eigenvalue weighted by Gasteiger charge is -2.11. The van der Waals surface area contributed by atoms with Crippen LogP contribution in [0.3, 0.4) is 0 Å². The Morgan fingerprint density at radius 1 is 0.645 bits per heavy atom. The summed E-state index contributed by atoms with van der Waals surface area (Å²) in [6.45, 7) is 0.883. The number of allylic oxidation sites excluding steroid dienone is 2. The van der Waals surface area contributed by atoms with Gasteiger partial charge in [-0.05, 0) is 57.8 Å². The number of benzene rings is 4. The van der Waals surface area contributed by atoms with E-state index >= 15 is 0 Å². The van der Waals surface area contributed by atoms with Crippen molar-refractivity contribution in [3.05, 3.63) is 115 Å². The molecule has 0 amide bonds. The van der Waals surface area contributed by atoms with Gasteiger partial charge in [0.15, 0.2) is 0 Å². The third kappa shape index (κ3) is 3.26. The molecule has 31 heavy (non-hydrogen) atoms. The van der Waals surface area contributed by atoms with Crippen LogP contribution in [0.25, 0.3) is 48.0 Å². The van der Waals surface area contributed by atoms with Gasteiger partial charge in [-0.3, -0.25) is 0 Å². The molecule has 2 heterocycles. The van der Waals surface area contributed by atoms with Crippen LogP contribution in [0.1, 0.15) is 5.56 Å². The number of rotatable bonds is 3. The van der Waals surface area contributed by atoms with Crippen molar-refractivity contribution in [3.63, 3.8) is 0 Å². The van der Waals surface area contributed by atoms with Crippen molar-refractivity contribution >= 4 is 37.1 Å². The van der Waals surface area contributed by atoms with Gasteiger partial charge >= 0.3 is 0 Å². The lowest BCUT2D eigenvalue weighted by atomic mass is 9.96. The van der Waals surface area contributed by atoms with Crippen LogP contribution in [0.5, 0.6) is 0 Å². The van der Waals surface area contributed by atoms with Crippen molar-refractivity contribution in [1.82, 2.24) is 5.32 Å². The first-order valence-electron chi connectivity index (χ1n) is 10.6. The van der Waals surface area contributed by atoms with Crippen LogP contribution in [0.4, 0.5) is 0 Å². The molecule has 1 N–H and O–H groups in total. The maximum Gasteiger partial charge on any atom is 0.0433 e. The zero-order valence-corrected chi connectivity index (χ0v) is 17.8. The highest BCUT2D eigenvalue weighted by Gasteiger charge is 2.10. The van der Waals surface area contributed by atoms with Crippen LogP contribution in [0.15, 0.2) is 109 Å². The second-order valence-electron chi connectivity index (χ2n) is 7.84. The Labute approximate surface area is 186 Å². The molecule has 2 heteroatoms. The maximum absolute atomic E-state index is 3.22. The van der Waals surface area contributed by atoms with Gasteiger partial charge in [0.1, 0.15) is 0 Å². The van der Waals surface area contributed by atoms with E-state index in [0.29, 0.717) is 0 Å². The van der Waals surface area contributed by atoms with Crippen molar-refractivity contribution in [2.45, 2.75) is 0 Å². The monoisotopic (exact) mass is 415 g/mol. The van der Waals surface area contributed by atoms with Gasteiger partial charge in [0.05, 0.1) is 0 Å². The smallest absolute Gasteiger partial charge is 0.0433 e. The minimum Gasteiger partial charge on any atom is -0.387 e. The minimum absolute atomic E-state index is 0.883. The molecular formula is C29H21NS. The van der Waals surface area contributed by atoms with E-state index in [9.17, 15) is 0 Å². The van der Waals surface area contributed by atoms with Crippen molar-refractivity contribution in [2.75, 3.05) is 6.54 Å². The normalized spacial score (nSPS) is 13.4. The Balaban J connectivity index is 1.39. The quantitative estimate of drug-likeness (QED) is 0.316. The van der Waals surface area contributed by atoms with Gasteiger partial charge < -0.3 is 5.32 Å². The molecule has 0 radical (unpaired) electrons. The minimum atomic E-state index is 0.883. The lowest BCUT2D eigenvalue weighted by molar-refractivity contribution is 0.976. The van der Waals surface area contributed by atoms with E-state index in [1.807, 2.05) is 17.5 Å². The Morgan fingerprint density at radius 3 is 2.29 bits per heavy atom. The van der Waals surface area contributed by atoms with E-state index in [1.165, 1.54) is 53.6 Å². The molecule has 1 nitrogen and oxygen atoms in total. The van der Waals surface area contributed by atoms with Crippen molar-refractivity contribution in [3.8, 4) is 22.3 Å². The summed E-state index contributed by atoms with van der Waals surface area (Å²) in [6, 6.07) is 33.1. The van der Waals surface area contributed by atoms with Gasteiger partial charge in [-0.1, -0.05) is 84.9 Å². The van der Waals surface area contributed by atoms with Crippen LogP contribution in [0.2, 0.25) is 0 Å². The number of dihydropyridines is 1. The fourth-order valence-electron chi connectivity index (χ4n) is 4.36. The van der Waals surface area contributed by atoms with Crippen LogP contribution in [-0.4, -0.2) is 6.54 Å². The molecule has 6 rings (SSSR count). The van der Waals surface area contributed by atoms with Gasteiger partial charge in [-0.15, -0.1) is 11.3 Å². The second kappa shape index (κ2) is 7.57. The Morgan fingerprint density at radius 2 is 1.42 bits per heavy atom. The van der Waals surface area contributed by atoms with E-state index < -0.39 is 0 Å². The van der Waals surface area contributed by atoms with E-state index in [4.69, 9.17) is 0 Å². The average Bonchev–Trinajstić information content (AvgIpc) is 3.24.